The molecule has 16 heavy (non-hydrogen) atoms. The molecular formula is C12H22N2O2. The Labute approximate surface area is 97.6 Å². The fourth-order valence-corrected chi connectivity index (χ4v) is 2.09. The summed E-state index contributed by atoms with van der Waals surface area (Å²) in [5.41, 5.74) is 0. The lowest BCUT2D eigenvalue weighted by atomic mass is 10.2. The van der Waals surface area contributed by atoms with Crippen molar-refractivity contribution in [1.82, 2.24) is 9.80 Å². The van der Waals surface area contributed by atoms with Crippen LogP contribution in [0.25, 0.3) is 0 Å². The minimum absolute atomic E-state index is 0.0577. The van der Waals surface area contributed by atoms with Gasteiger partial charge in [0.25, 0.3) is 0 Å². The molecule has 92 valence electrons. The van der Waals surface area contributed by atoms with Gasteiger partial charge in [0.15, 0.2) is 0 Å². The number of likely N-dealkylation sites (N-methyl/N-ethyl adjacent to an activating group) is 1. The molecule has 0 N–H and O–H groups in total. The second kappa shape index (κ2) is 5.87. The van der Waals surface area contributed by atoms with E-state index < -0.39 is 0 Å². The van der Waals surface area contributed by atoms with Crippen LogP contribution in [0.4, 0.5) is 0 Å². The summed E-state index contributed by atoms with van der Waals surface area (Å²) in [7, 11) is 3.49. The number of hydrogen-bond acceptors (Lipinski definition) is 2. The smallest absolute Gasteiger partial charge is 0.244 e. The van der Waals surface area contributed by atoms with Gasteiger partial charge in [-0.3, -0.25) is 9.59 Å². The summed E-state index contributed by atoms with van der Waals surface area (Å²) >= 11 is 0. The zero-order valence-corrected chi connectivity index (χ0v) is 10.5. The maximum atomic E-state index is 11.9. The van der Waals surface area contributed by atoms with Crippen molar-refractivity contribution < 1.29 is 9.59 Å². The molecule has 1 unspecified atom stereocenters. The predicted octanol–water partition coefficient (Wildman–Crippen LogP) is 1.26. The molecule has 1 atom stereocenters. The molecule has 0 aromatic heterocycles. The van der Waals surface area contributed by atoms with Crippen molar-refractivity contribution in [2.24, 2.45) is 0 Å². The van der Waals surface area contributed by atoms with Crippen LogP contribution in [0.15, 0.2) is 0 Å². The van der Waals surface area contributed by atoms with Crippen molar-refractivity contribution in [3.63, 3.8) is 0 Å². The zero-order valence-electron chi connectivity index (χ0n) is 10.5. The number of amides is 2. The van der Waals surface area contributed by atoms with E-state index in [2.05, 4.69) is 6.92 Å². The molecule has 1 rings (SSSR count). The van der Waals surface area contributed by atoms with Crippen LogP contribution in [-0.4, -0.2) is 48.3 Å². The molecule has 4 nitrogen and oxygen atoms in total. The topological polar surface area (TPSA) is 40.6 Å². The normalized spacial score (nSPS) is 19.9. The molecule has 1 heterocycles. The molecule has 1 aliphatic heterocycles. The molecule has 4 heteroatoms. The largest absolute Gasteiger partial charge is 0.347 e. The maximum absolute atomic E-state index is 11.9. The van der Waals surface area contributed by atoms with Gasteiger partial charge >= 0.3 is 0 Å². The van der Waals surface area contributed by atoms with Crippen molar-refractivity contribution >= 4 is 11.8 Å². The average molecular weight is 226 g/mol. The van der Waals surface area contributed by atoms with E-state index in [1.54, 1.807) is 23.9 Å². The Morgan fingerprint density at radius 2 is 2.06 bits per heavy atom. The third-order valence-electron chi connectivity index (χ3n) is 3.04. The Bertz CT molecular complexity index is 264. The highest BCUT2D eigenvalue weighted by atomic mass is 16.2. The number of hydrogen-bond donors (Lipinski definition) is 0. The van der Waals surface area contributed by atoms with E-state index in [1.165, 1.54) is 0 Å². The number of rotatable bonds is 4. The Morgan fingerprint density at radius 1 is 1.38 bits per heavy atom. The Morgan fingerprint density at radius 3 is 2.62 bits per heavy atom. The molecule has 1 aliphatic rings. The van der Waals surface area contributed by atoms with Gasteiger partial charge in [0.2, 0.25) is 11.8 Å². The van der Waals surface area contributed by atoms with Crippen LogP contribution in [0.3, 0.4) is 0 Å². The molecule has 0 aromatic rings. The number of nitrogens with zero attached hydrogens (tertiary/aromatic N) is 2. The highest BCUT2D eigenvalue weighted by molar-refractivity contribution is 5.88. The van der Waals surface area contributed by atoms with Crippen molar-refractivity contribution in [2.75, 3.05) is 20.6 Å². The van der Waals surface area contributed by atoms with Crippen LogP contribution >= 0.6 is 0 Å². The fraction of sp³-hybridized carbons (Fsp3) is 0.833. The van der Waals surface area contributed by atoms with Crippen LogP contribution in [0.1, 0.15) is 39.0 Å². The van der Waals surface area contributed by atoms with E-state index in [-0.39, 0.29) is 17.9 Å². The van der Waals surface area contributed by atoms with Gasteiger partial charge in [-0.1, -0.05) is 13.3 Å². The second-order valence-corrected chi connectivity index (χ2v) is 4.58. The van der Waals surface area contributed by atoms with E-state index in [9.17, 15) is 9.59 Å². The lowest BCUT2D eigenvalue weighted by Gasteiger charge is -2.26. The number of carbonyl (C=O) groups is 2. The van der Waals surface area contributed by atoms with Crippen molar-refractivity contribution in [3.05, 3.63) is 0 Å². The Kier molecular flexibility index (Phi) is 4.77. The summed E-state index contributed by atoms with van der Waals surface area (Å²) in [6.45, 7) is 2.81. The molecule has 2 amide bonds. The van der Waals surface area contributed by atoms with E-state index in [1.807, 2.05) is 0 Å². The SMILES string of the molecule is CCCCC(=O)N1CCCC1C(=O)N(C)C. The third-order valence-corrected chi connectivity index (χ3v) is 3.04. The molecule has 0 spiro atoms. The van der Waals surface area contributed by atoms with E-state index in [0.29, 0.717) is 6.42 Å². The summed E-state index contributed by atoms with van der Waals surface area (Å²) in [5.74, 6) is 0.196. The van der Waals surface area contributed by atoms with Gasteiger partial charge in [-0.05, 0) is 19.3 Å². The molecular weight excluding hydrogens is 204 g/mol. The lowest BCUT2D eigenvalue weighted by Crippen LogP contribution is -2.45. The van der Waals surface area contributed by atoms with Gasteiger partial charge < -0.3 is 9.80 Å². The van der Waals surface area contributed by atoms with Gasteiger partial charge in [-0.2, -0.15) is 0 Å². The minimum Gasteiger partial charge on any atom is -0.347 e. The third kappa shape index (κ3) is 2.97. The van der Waals surface area contributed by atoms with Crippen LogP contribution in [-0.2, 0) is 9.59 Å². The first kappa shape index (κ1) is 13.0. The van der Waals surface area contributed by atoms with Crippen molar-refractivity contribution in [1.29, 1.82) is 0 Å². The van der Waals surface area contributed by atoms with Crippen LogP contribution in [0.2, 0.25) is 0 Å². The number of unbranched alkanes of at least 4 members (excludes halogenated alkanes) is 1. The van der Waals surface area contributed by atoms with Gasteiger partial charge in [-0.15, -0.1) is 0 Å². The van der Waals surface area contributed by atoms with Gasteiger partial charge in [0.05, 0.1) is 0 Å². The van der Waals surface area contributed by atoms with Crippen LogP contribution < -0.4 is 0 Å². The summed E-state index contributed by atoms with van der Waals surface area (Å²) in [6, 6.07) is -0.209. The standard InChI is InChI=1S/C12H22N2O2/c1-4-5-8-11(15)14-9-6-7-10(14)12(16)13(2)3/h10H,4-9H2,1-3H3. The zero-order chi connectivity index (χ0) is 12.1. The maximum Gasteiger partial charge on any atom is 0.244 e. The predicted molar refractivity (Wildman–Crippen MR) is 63.0 cm³/mol. The van der Waals surface area contributed by atoms with Crippen LogP contribution in [0.5, 0.6) is 0 Å². The first-order chi connectivity index (χ1) is 7.57. The summed E-state index contributed by atoms with van der Waals surface area (Å²) < 4.78 is 0. The summed E-state index contributed by atoms with van der Waals surface area (Å²) in [4.78, 5) is 27.1. The molecule has 0 radical (unpaired) electrons. The highest BCUT2D eigenvalue weighted by Gasteiger charge is 2.34. The van der Waals surface area contributed by atoms with Crippen molar-refractivity contribution in [2.45, 2.75) is 45.1 Å². The summed E-state index contributed by atoms with van der Waals surface area (Å²) in [6.07, 6.45) is 4.27. The molecule has 0 aliphatic carbocycles. The van der Waals surface area contributed by atoms with Crippen molar-refractivity contribution in [3.8, 4) is 0 Å². The monoisotopic (exact) mass is 226 g/mol. The van der Waals surface area contributed by atoms with Gasteiger partial charge in [0.1, 0.15) is 6.04 Å². The Balaban J connectivity index is 2.58. The minimum atomic E-state index is -0.209. The quantitative estimate of drug-likeness (QED) is 0.724. The molecule has 1 saturated heterocycles. The first-order valence-corrected chi connectivity index (χ1v) is 6.08. The highest BCUT2D eigenvalue weighted by Crippen LogP contribution is 2.20. The molecule has 0 saturated carbocycles. The van der Waals surface area contributed by atoms with Crippen LogP contribution in [0, 0.1) is 0 Å². The average Bonchev–Trinajstić information content (AvgIpc) is 2.73. The van der Waals surface area contributed by atoms with E-state index >= 15 is 0 Å². The number of likely N-dealkylation sites (tertiary alicyclic amines) is 1. The molecule has 0 aromatic carbocycles. The molecule has 1 fully saturated rings. The fourth-order valence-electron chi connectivity index (χ4n) is 2.09. The lowest BCUT2D eigenvalue weighted by molar-refractivity contribution is -0.142. The Hall–Kier alpha value is -1.06. The first-order valence-electron chi connectivity index (χ1n) is 6.08. The number of carbonyl (C=O) groups excluding carboxylic acids is 2. The summed E-state index contributed by atoms with van der Waals surface area (Å²) in [5, 5.41) is 0. The van der Waals surface area contributed by atoms with Gasteiger partial charge in [-0.25, -0.2) is 0 Å². The van der Waals surface area contributed by atoms with Gasteiger partial charge in [0, 0.05) is 27.1 Å². The molecule has 0 bridgehead atoms. The van der Waals surface area contributed by atoms with E-state index in [0.717, 1.165) is 32.2 Å². The second-order valence-electron chi connectivity index (χ2n) is 4.58. The van der Waals surface area contributed by atoms with E-state index in [4.69, 9.17) is 0 Å².